The molecule has 0 atom stereocenters. The molecule has 0 aliphatic rings. The number of rotatable bonds is 6. The SMILES string of the molecule is COCc1cccc(NC(=O)CCNC(=O)OC(C)(C)C)c1. The molecule has 0 saturated heterocycles. The predicted molar refractivity (Wildman–Crippen MR) is 84.6 cm³/mol. The number of ether oxygens (including phenoxy) is 2. The Hall–Kier alpha value is -2.08. The minimum atomic E-state index is -0.547. The smallest absolute Gasteiger partial charge is 0.407 e. The zero-order valence-electron chi connectivity index (χ0n) is 13.6. The van der Waals surface area contributed by atoms with Crippen molar-refractivity contribution in [3.63, 3.8) is 0 Å². The van der Waals surface area contributed by atoms with E-state index in [9.17, 15) is 9.59 Å². The molecule has 6 nitrogen and oxygen atoms in total. The first kappa shape index (κ1) is 18.0. The first-order valence-electron chi connectivity index (χ1n) is 7.15. The average molecular weight is 308 g/mol. The summed E-state index contributed by atoms with van der Waals surface area (Å²) < 4.78 is 10.1. The Labute approximate surface area is 131 Å². The van der Waals surface area contributed by atoms with E-state index in [1.54, 1.807) is 33.9 Å². The van der Waals surface area contributed by atoms with Gasteiger partial charge in [0.1, 0.15) is 5.60 Å². The topological polar surface area (TPSA) is 76.7 Å². The Morgan fingerprint density at radius 2 is 1.95 bits per heavy atom. The molecular weight excluding hydrogens is 284 g/mol. The molecule has 0 saturated carbocycles. The summed E-state index contributed by atoms with van der Waals surface area (Å²) in [5.41, 5.74) is 1.14. The van der Waals surface area contributed by atoms with E-state index in [1.807, 2.05) is 18.2 Å². The van der Waals surface area contributed by atoms with Crippen molar-refractivity contribution in [2.75, 3.05) is 19.0 Å². The fraction of sp³-hybridized carbons (Fsp3) is 0.500. The predicted octanol–water partition coefficient (Wildman–Crippen LogP) is 2.69. The van der Waals surface area contributed by atoms with Gasteiger partial charge in [0.05, 0.1) is 6.61 Å². The molecule has 22 heavy (non-hydrogen) atoms. The van der Waals surface area contributed by atoms with Gasteiger partial charge >= 0.3 is 6.09 Å². The van der Waals surface area contributed by atoms with E-state index in [0.717, 1.165) is 5.56 Å². The van der Waals surface area contributed by atoms with Crippen LogP contribution in [-0.2, 0) is 20.9 Å². The van der Waals surface area contributed by atoms with Crippen LogP contribution in [0.5, 0.6) is 0 Å². The Morgan fingerprint density at radius 1 is 1.23 bits per heavy atom. The molecule has 1 rings (SSSR count). The van der Waals surface area contributed by atoms with Crippen molar-refractivity contribution in [3.05, 3.63) is 29.8 Å². The van der Waals surface area contributed by atoms with Crippen LogP contribution in [-0.4, -0.2) is 31.3 Å². The van der Waals surface area contributed by atoms with Crippen LogP contribution in [0.4, 0.5) is 10.5 Å². The van der Waals surface area contributed by atoms with Crippen molar-refractivity contribution in [1.82, 2.24) is 5.32 Å². The quantitative estimate of drug-likeness (QED) is 0.847. The third-order valence-corrected chi connectivity index (χ3v) is 2.54. The highest BCUT2D eigenvalue weighted by atomic mass is 16.6. The highest BCUT2D eigenvalue weighted by Gasteiger charge is 2.15. The van der Waals surface area contributed by atoms with Crippen molar-refractivity contribution in [2.24, 2.45) is 0 Å². The van der Waals surface area contributed by atoms with Gasteiger partial charge in [-0.15, -0.1) is 0 Å². The van der Waals surface area contributed by atoms with Gasteiger partial charge in [-0.1, -0.05) is 12.1 Å². The summed E-state index contributed by atoms with van der Waals surface area (Å²) in [6.07, 6.45) is -0.351. The molecule has 0 unspecified atom stereocenters. The van der Waals surface area contributed by atoms with Crippen LogP contribution < -0.4 is 10.6 Å². The number of amides is 2. The van der Waals surface area contributed by atoms with Gasteiger partial charge in [0.2, 0.25) is 5.91 Å². The Balaban J connectivity index is 2.34. The lowest BCUT2D eigenvalue weighted by Crippen LogP contribution is -2.34. The molecule has 0 aliphatic heterocycles. The van der Waals surface area contributed by atoms with Gasteiger partial charge in [0, 0.05) is 25.8 Å². The molecule has 2 amide bonds. The maximum absolute atomic E-state index is 11.8. The molecule has 0 radical (unpaired) electrons. The number of hydrogen-bond donors (Lipinski definition) is 2. The van der Waals surface area contributed by atoms with E-state index in [4.69, 9.17) is 9.47 Å². The summed E-state index contributed by atoms with van der Waals surface area (Å²) in [5.74, 6) is -0.175. The van der Waals surface area contributed by atoms with Crippen LogP contribution in [0.25, 0.3) is 0 Å². The normalized spacial score (nSPS) is 10.9. The van der Waals surface area contributed by atoms with Crippen molar-refractivity contribution in [1.29, 1.82) is 0 Å². The molecule has 0 spiro atoms. The summed E-state index contributed by atoms with van der Waals surface area (Å²) in [7, 11) is 1.62. The highest BCUT2D eigenvalue weighted by Crippen LogP contribution is 2.11. The Bertz CT molecular complexity index is 509. The number of methoxy groups -OCH3 is 1. The molecule has 0 fully saturated rings. The molecule has 2 N–H and O–H groups in total. The van der Waals surface area contributed by atoms with Crippen LogP contribution in [0.3, 0.4) is 0 Å². The summed E-state index contributed by atoms with van der Waals surface area (Å²) in [6.45, 7) is 6.06. The van der Waals surface area contributed by atoms with E-state index in [0.29, 0.717) is 12.3 Å². The van der Waals surface area contributed by atoms with Crippen LogP contribution in [0, 0.1) is 0 Å². The second kappa shape index (κ2) is 8.38. The van der Waals surface area contributed by atoms with Gasteiger partial charge in [0.25, 0.3) is 0 Å². The van der Waals surface area contributed by atoms with Crippen LogP contribution in [0.1, 0.15) is 32.8 Å². The van der Waals surface area contributed by atoms with Gasteiger partial charge < -0.3 is 20.1 Å². The molecule has 6 heteroatoms. The number of carbonyl (C=O) groups excluding carboxylic acids is 2. The summed E-state index contributed by atoms with van der Waals surface area (Å²) in [4.78, 5) is 23.2. The lowest BCUT2D eigenvalue weighted by molar-refractivity contribution is -0.116. The number of alkyl carbamates (subject to hydrolysis) is 1. The molecular formula is C16H24N2O4. The van der Waals surface area contributed by atoms with Gasteiger partial charge in [0.15, 0.2) is 0 Å². The van der Waals surface area contributed by atoms with Crippen molar-refractivity contribution >= 4 is 17.7 Å². The fourth-order valence-electron chi connectivity index (χ4n) is 1.72. The zero-order valence-corrected chi connectivity index (χ0v) is 13.6. The van der Waals surface area contributed by atoms with Crippen molar-refractivity contribution < 1.29 is 19.1 Å². The summed E-state index contributed by atoms with van der Waals surface area (Å²) in [6, 6.07) is 7.42. The van der Waals surface area contributed by atoms with E-state index in [2.05, 4.69) is 10.6 Å². The van der Waals surface area contributed by atoms with E-state index >= 15 is 0 Å². The number of hydrogen-bond acceptors (Lipinski definition) is 4. The Morgan fingerprint density at radius 3 is 2.59 bits per heavy atom. The summed E-state index contributed by atoms with van der Waals surface area (Å²) in [5, 5.41) is 5.32. The zero-order chi connectivity index (χ0) is 16.6. The number of carbonyl (C=O) groups is 2. The molecule has 0 aliphatic carbocycles. The van der Waals surface area contributed by atoms with Crippen LogP contribution >= 0.6 is 0 Å². The van der Waals surface area contributed by atoms with Gasteiger partial charge in [-0.2, -0.15) is 0 Å². The largest absolute Gasteiger partial charge is 0.444 e. The van der Waals surface area contributed by atoms with Crippen molar-refractivity contribution in [2.45, 2.75) is 39.4 Å². The van der Waals surface area contributed by atoms with Crippen LogP contribution in [0.2, 0.25) is 0 Å². The van der Waals surface area contributed by atoms with Gasteiger partial charge in [-0.05, 0) is 38.5 Å². The number of benzene rings is 1. The maximum Gasteiger partial charge on any atom is 0.407 e. The Kier molecular flexibility index (Phi) is 6.85. The van der Waals surface area contributed by atoms with E-state index < -0.39 is 11.7 Å². The molecule has 0 bridgehead atoms. The van der Waals surface area contributed by atoms with Gasteiger partial charge in [-0.25, -0.2) is 4.79 Å². The first-order valence-corrected chi connectivity index (χ1v) is 7.15. The third kappa shape index (κ3) is 7.64. The number of anilines is 1. The second-order valence-corrected chi connectivity index (χ2v) is 5.86. The van der Waals surface area contributed by atoms with E-state index in [-0.39, 0.29) is 18.9 Å². The lowest BCUT2D eigenvalue weighted by atomic mass is 10.2. The average Bonchev–Trinajstić information content (AvgIpc) is 2.37. The maximum atomic E-state index is 11.8. The molecule has 0 aromatic heterocycles. The minimum absolute atomic E-state index is 0.174. The highest BCUT2D eigenvalue weighted by molar-refractivity contribution is 5.91. The second-order valence-electron chi connectivity index (χ2n) is 5.86. The lowest BCUT2D eigenvalue weighted by Gasteiger charge is -2.19. The monoisotopic (exact) mass is 308 g/mol. The van der Waals surface area contributed by atoms with E-state index in [1.165, 1.54) is 0 Å². The third-order valence-electron chi connectivity index (χ3n) is 2.54. The first-order chi connectivity index (χ1) is 10.3. The minimum Gasteiger partial charge on any atom is -0.444 e. The molecule has 1 aromatic carbocycles. The summed E-state index contributed by atoms with van der Waals surface area (Å²) >= 11 is 0. The number of nitrogens with one attached hydrogen (secondary N) is 2. The van der Waals surface area contributed by atoms with Gasteiger partial charge in [-0.3, -0.25) is 4.79 Å². The molecule has 0 heterocycles. The standard InChI is InChI=1S/C16H24N2O4/c1-16(2,3)22-15(20)17-9-8-14(19)18-13-7-5-6-12(10-13)11-21-4/h5-7,10H,8-9,11H2,1-4H3,(H,17,20)(H,18,19). The molecule has 1 aromatic rings. The van der Waals surface area contributed by atoms with Crippen molar-refractivity contribution in [3.8, 4) is 0 Å². The van der Waals surface area contributed by atoms with Crippen LogP contribution in [0.15, 0.2) is 24.3 Å². The molecule has 122 valence electrons. The fourth-order valence-corrected chi connectivity index (χ4v) is 1.72.